The minimum absolute atomic E-state index is 0.0204. The van der Waals surface area contributed by atoms with Gasteiger partial charge in [-0.05, 0) is 30.5 Å². The molecular weight excluding hydrogens is 436 g/mol. The van der Waals surface area contributed by atoms with Crippen LogP contribution in [0, 0.1) is 17.0 Å². The highest BCUT2D eigenvalue weighted by atomic mass is 16.6. The van der Waals surface area contributed by atoms with Gasteiger partial charge in [0.25, 0.3) is 5.69 Å². The lowest BCUT2D eigenvalue weighted by Gasteiger charge is -2.08. The Hall–Kier alpha value is -4.34. The van der Waals surface area contributed by atoms with Gasteiger partial charge in [-0.2, -0.15) is 10.1 Å². The van der Waals surface area contributed by atoms with Crippen molar-refractivity contribution in [2.24, 2.45) is 0 Å². The van der Waals surface area contributed by atoms with Crippen LogP contribution < -0.4 is 5.32 Å². The second-order valence-corrected chi connectivity index (χ2v) is 8.19. The zero-order chi connectivity index (χ0) is 24.2. The molecule has 4 aromatic rings. The Kier molecular flexibility index (Phi) is 6.48. The molecule has 0 aliphatic heterocycles. The van der Waals surface area contributed by atoms with Crippen LogP contribution in [0.5, 0.6) is 0 Å². The van der Waals surface area contributed by atoms with Gasteiger partial charge in [0.15, 0.2) is 0 Å². The van der Waals surface area contributed by atoms with Crippen LogP contribution in [0.1, 0.15) is 43.3 Å². The number of aryl methyl sites for hydroxylation is 2. The van der Waals surface area contributed by atoms with E-state index < -0.39 is 4.92 Å². The predicted octanol–water partition coefficient (Wildman–Crippen LogP) is 4.83. The third-order valence-electron chi connectivity index (χ3n) is 5.27. The molecule has 2 aromatic heterocycles. The minimum atomic E-state index is -0.468. The number of carbonyl (C=O) groups is 1. The third kappa shape index (κ3) is 5.17. The molecule has 0 aliphatic carbocycles. The van der Waals surface area contributed by atoms with Gasteiger partial charge in [0.1, 0.15) is 5.82 Å². The number of nitro groups is 1. The first-order valence-corrected chi connectivity index (χ1v) is 10.8. The lowest BCUT2D eigenvalue weighted by Crippen LogP contribution is -2.15. The summed E-state index contributed by atoms with van der Waals surface area (Å²) in [5.41, 5.74) is 3.35. The molecular formula is C24H24N6O4. The molecule has 4 rings (SSSR count). The number of nitrogens with one attached hydrogen (secondary N) is 1. The normalized spacial score (nSPS) is 11.1. The second kappa shape index (κ2) is 9.65. The fourth-order valence-electron chi connectivity index (χ4n) is 3.42. The van der Waals surface area contributed by atoms with E-state index in [-0.39, 0.29) is 24.4 Å². The monoisotopic (exact) mass is 460 g/mol. The lowest BCUT2D eigenvalue weighted by atomic mass is 10.0. The average molecular weight is 460 g/mol. The number of rotatable bonds is 8. The summed E-state index contributed by atoms with van der Waals surface area (Å²) in [6, 6.07) is 15.7. The zero-order valence-electron chi connectivity index (χ0n) is 19.1. The molecule has 0 saturated carbocycles. The van der Waals surface area contributed by atoms with Crippen molar-refractivity contribution in [2.75, 3.05) is 5.32 Å². The number of nitrogens with zero attached hydrogens (tertiary/aromatic N) is 5. The molecule has 0 saturated heterocycles. The fraction of sp³-hybridized carbons (Fsp3) is 0.250. The summed E-state index contributed by atoms with van der Waals surface area (Å²) in [6.07, 6.45) is 0.423. The largest absolute Gasteiger partial charge is 0.339 e. The highest BCUT2D eigenvalue weighted by Gasteiger charge is 2.15. The van der Waals surface area contributed by atoms with E-state index in [2.05, 4.69) is 34.4 Å². The van der Waals surface area contributed by atoms with Crippen molar-refractivity contribution in [3.05, 3.63) is 81.9 Å². The fourth-order valence-corrected chi connectivity index (χ4v) is 3.42. The van der Waals surface area contributed by atoms with Gasteiger partial charge >= 0.3 is 0 Å². The van der Waals surface area contributed by atoms with Crippen LogP contribution in [-0.4, -0.2) is 30.8 Å². The smallest absolute Gasteiger partial charge is 0.269 e. The SMILES string of the molecule is Cc1cc(NC(=O)CCc2nc(-c3ccc(C(C)C)cc3)no2)n(-c2ccc([N+](=O)[O-])cc2)n1. The molecule has 1 amide bonds. The number of hydrogen-bond acceptors (Lipinski definition) is 7. The van der Waals surface area contributed by atoms with Crippen molar-refractivity contribution < 1.29 is 14.2 Å². The summed E-state index contributed by atoms with van der Waals surface area (Å²) < 4.78 is 6.84. The number of non-ortho nitro benzene ring substituents is 1. The number of hydrogen-bond donors (Lipinski definition) is 1. The number of carbonyl (C=O) groups excluding carboxylic acids is 1. The summed E-state index contributed by atoms with van der Waals surface area (Å²) in [7, 11) is 0. The zero-order valence-corrected chi connectivity index (χ0v) is 19.1. The summed E-state index contributed by atoms with van der Waals surface area (Å²) in [5.74, 6) is 1.52. The molecule has 0 radical (unpaired) electrons. The Morgan fingerprint density at radius 3 is 2.50 bits per heavy atom. The highest BCUT2D eigenvalue weighted by Crippen LogP contribution is 2.22. The van der Waals surface area contributed by atoms with Crippen LogP contribution in [-0.2, 0) is 11.2 Å². The molecule has 0 aliphatic rings. The molecule has 34 heavy (non-hydrogen) atoms. The Labute approximate surface area is 195 Å². The number of aromatic nitrogens is 4. The molecule has 0 fully saturated rings. The van der Waals surface area contributed by atoms with Crippen molar-refractivity contribution in [1.82, 2.24) is 19.9 Å². The topological polar surface area (TPSA) is 129 Å². The first kappa shape index (κ1) is 22.8. The second-order valence-electron chi connectivity index (χ2n) is 8.19. The minimum Gasteiger partial charge on any atom is -0.339 e. The first-order valence-electron chi connectivity index (χ1n) is 10.8. The maximum absolute atomic E-state index is 12.6. The van der Waals surface area contributed by atoms with Gasteiger partial charge < -0.3 is 9.84 Å². The van der Waals surface area contributed by atoms with E-state index in [9.17, 15) is 14.9 Å². The van der Waals surface area contributed by atoms with E-state index in [1.54, 1.807) is 25.1 Å². The van der Waals surface area contributed by atoms with E-state index in [4.69, 9.17) is 4.52 Å². The van der Waals surface area contributed by atoms with Crippen molar-refractivity contribution in [3.8, 4) is 17.1 Å². The van der Waals surface area contributed by atoms with Crippen molar-refractivity contribution in [2.45, 2.75) is 39.5 Å². The molecule has 0 atom stereocenters. The van der Waals surface area contributed by atoms with Crippen LogP contribution >= 0.6 is 0 Å². The number of benzene rings is 2. The van der Waals surface area contributed by atoms with Crippen LogP contribution in [0.3, 0.4) is 0 Å². The molecule has 1 N–H and O–H groups in total. The van der Waals surface area contributed by atoms with E-state index >= 15 is 0 Å². The van der Waals surface area contributed by atoms with Crippen molar-refractivity contribution in [1.29, 1.82) is 0 Å². The van der Waals surface area contributed by atoms with E-state index in [0.29, 0.717) is 34.8 Å². The first-order chi connectivity index (χ1) is 16.3. The van der Waals surface area contributed by atoms with E-state index in [1.807, 2.05) is 24.3 Å². The molecule has 10 heteroatoms. The summed E-state index contributed by atoms with van der Waals surface area (Å²) >= 11 is 0. The van der Waals surface area contributed by atoms with Gasteiger partial charge in [0.2, 0.25) is 17.6 Å². The molecule has 0 spiro atoms. The predicted molar refractivity (Wildman–Crippen MR) is 126 cm³/mol. The Morgan fingerprint density at radius 1 is 1.15 bits per heavy atom. The van der Waals surface area contributed by atoms with E-state index in [0.717, 1.165) is 5.56 Å². The summed E-state index contributed by atoms with van der Waals surface area (Å²) in [5, 5.41) is 22.1. The van der Waals surface area contributed by atoms with Crippen LogP contribution in [0.2, 0.25) is 0 Å². The number of nitro benzene ring substituents is 1. The third-order valence-corrected chi connectivity index (χ3v) is 5.27. The molecule has 10 nitrogen and oxygen atoms in total. The maximum Gasteiger partial charge on any atom is 0.269 e. The van der Waals surface area contributed by atoms with Crippen molar-refractivity contribution in [3.63, 3.8) is 0 Å². The quantitative estimate of drug-likeness (QED) is 0.294. The Morgan fingerprint density at radius 2 is 1.85 bits per heavy atom. The Balaban J connectivity index is 1.39. The van der Waals surface area contributed by atoms with Gasteiger partial charge in [-0.15, -0.1) is 0 Å². The molecule has 2 aromatic carbocycles. The average Bonchev–Trinajstić information content (AvgIpc) is 3.44. The van der Waals surface area contributed by atoms with Crippen LogP contribution in [0.15, 0.2) is 59.1 Å². The van der Waals surface area contributed by atoms with Crippen LogP contribution in [0.25, 0.3) is 17.1 Å². The molecule has 2 heterocycles. The summed E-state index contributed by atoms with van der Waals surface area (Å²) in [6.45, 7) is 6.06. The lowest BCUT2D eigenvalue weighted by molar-refractivity contribution is -0.384. The highest BCUT2D eigenvalue weighted by molar-refractivity contribution is 5.90. The van der Waals surface area contributed by atoms with Crippen LogP contribution in [0.4, 0.5) is 11.5 Å². The Bertz CT molecular complexity index is 1310. The van der Waals surface area contributed by atoms with Crippen molar-refractivity contribution >= 4 is 17.4 Å². The molecule has 0 bridgehead atoms. The number of amides is 1. The van der Waals surface area contributed by atoms with Gasteiger partial charge in [-0.25, -0.2) is 4.68 Å². The van der Waals surface area contributed by atoms with Gasteiger partial charge in [0, 0.05) is 36.6 Å². The number of anilines is 1. The van der Waals surface area contributed by atoms with Gasteiger partial charge in [-0.3, -0.25) is 14.9 Å². The van der Waals surface area contributed by atoms with Gasteiger partial charge in [-0.1, -0.05) is 43.3 Å². The van der Waals surface area contributed by atoms with E-state index in [1.165, 1.54) is 22.4 Å². The molecule has 0 unspecified atom stereocenters. The standard InChI is InChI=1S/C24H24N6O4/c1-15(2)17-4-6-18(7-5-17)24-26-23(34-28-24)13-12-22(31)25-21-14-16(3)27-29(21)19-8-10-20(11-9-19)30(32)33/h4-11,14-15H,12-13H2,1-3H3,(H,25,31). The maximum atomic E-state index is 12.6. The summed E-state index contributed by atoms with van der Waals surface area (Å²) in [4.78, 5) is 27.4. The van der Waals surface area contributed by atoms with Gasteiger partial charge in [0.05, 0.1) is 16.3 Å². The molecule has 174 valence electrons.